The Balaban J connectivity index is 1.77. The van der Waals surface area contributed by atoms with Gasteiger partial charge < -0.3 is 15.4 Å². The van der Waals surface area contributed by atoms with Gasteiger partial charge in [0.25, 0.3) is 0 Å². The molecule has 1 amide bonds. The lowest BCUT2D eigenvalue weighted by Crippen LogP contribution is -2.34. The average Bonchev–Trinajstić information content (AvgIpc) is 2.99. The van der Waals surface area contributed by atoms with E-state index in [9.17, 15) is 4.79 Å². The molecular formula is C19H28N2O2S. The number of carbonyl (C=O) groups is 1. The Morgan fingerprint density at radius 2 is 2.08 bits per heavy atom. The highest BCUT2D eigenvalue weighted by Gasteiger charge is 2.18. The molecule has 1 aromatic carbocycles. The summed E-state index contributed by atoms with van der Waals surface area (Å²) in [6, 6.07) is 7.64. The van der Waals surface area contributed by atoms with Crippen molar-refractivity contribution in [3.05, 3.63) is 24.3 Å². The lowest BCUT2D eigenvalue weighted by atomic mass is 10.0. The molecule has 1 aliphatic rings. The van der Waals surface area contributed by atoms with Crippen molar-refractivity contribution in [2.45, 2.75) is 52.4 Å². The van der Waals surface area contributed by atoms with Gasteiger partial charge in [0, 0.05) is 18.2 Å². The van der Waals surface area contributed by atoms with E-state index in [1.807, 2.05) is 24.3 Å². The van der Waals surface area contributed by atoms with Crippen LogP contribution in [0, 0.1) is 11.8 Å². The van der Waals surface area contributed by atoms with Crippen LogP contribution in [-0.4, -0.2) is 17.6 Å². The molecule has 0 aromatic heterocycles. The molecular weight excluding hydrogens is 320 g/mol. The Morgan fingerprint density at radius 3 is 2.79 bits per heavy atom. The topological polar surface area (TPSA) is 50.4 Å². The van der Waals surface area contributed by atoms with Gasteiger partial charge >= 0.3 is 0 Å². The van der Waals surface area contributed by atoms with Crippen molar-refractivity contribution in [3.63, 3.8) is 0 Å². The minimum Gasteiger partial charge on any atom is -0.494 e. The summed E-state index contributed by atoms with van der Waals surface area (Å²) in [4.78, 5) is 12.0. The van der Waals surface area contributed by atoms with Crippen molar-refractivity contribution in [1.29, 1.82) is 0 Å². The molecule has 1 fully saturated rings. The van der Waals surface area contributed by atoms with E-state index in [2.05, 4.69) is 24.5 Å². The molecule has 2 N–H and O–H groups in total. The Labute approximate surface area is 150 Å². The van der Waals surface area contributed by atoms with Gasteiger partial charge in [-0.15, -0.1) is 0 Å². The van der Waals surface area contributed by atoms with Gasteiger partial charge in [-0.25, -0.2) is 0 Å². The maximum atomic E-state index is 12.0. The molecule has 1 saturated carbocycles. The minimum atomic E-state index is 0.00346. The van der Waals surface area contributed by atoms with Crippen LogP contribution in [0.2, 0.25) is 0 Å². The van der Waals surface area contributed by atoms with Crippen LogP contribution < -0.4 is 15.4 Å². The van der Waals surface area contributed by atoms with Gasteiger partial charge in [-0.3, -0.25) is 4.79 Å². The number of ether oxygens (including phenoxy) is 1. The van der Waals surface area contributed by atoms with E-state index in [-0.39, 0.29) is 5.91 Å². The third-order valence-electron chi connectivity index (χ3n) is 4.26. The summed E-state index contributed by atoms with van der Waals surface area (Å²) < 4.78 is 5.74. The number of hydrogen-bond acceptors (Lipinski definition) is 3. The Bertz CT molecular complexity index is 554. The molecule has 2 rings (SSSR count). The summed E-state index contributed by atoms with van der Waals surface area (Å²) in [5.41, 5.74) is 0.822. The van der Waals surface area contributed by atoms with Crippen LogP contribution in [0.4, 0.5) is 5.69 Å². The molecule has 0 spiro atoms. The second-order valence-electron chi connectivity index (χ2n) is 6.92. The average molecular weight is 349 g/mol. The van der Waals surface area contributed by atoms with E-state index >= 15 is 0 Å². The van der Waals surface area contributed by atoms with Crippen LogP contribution in [-0.2, 0) is 4.79 Å². The van der Waals surface area contributed by atoms with Gasteiger partial charge in [0.15, 0.2) is 5.11 Å². The maximum absolute atomic E-state index is 12.0. The predicted molar refractivity (Wildman–Crippen MR) is 102 cm³/mol. The number of thiocarbonyl (C=S) groups is 1. The van der Waals surface area contributed by atoms with E-state index in [0.717, 1.165) is 30.7 Å². The van der Waals surface area contributed by atoms with Crippen molar-refractivity contribution in [1.82, 2.24) is 5.32 Å². The highest BCUT2D eigenvalue weighted by atomic mass is 32.1. The molecule has 132 valence electrons. The minimum absolute atomic E-state index is 0.00346. The maximum Gasteiger partial charge on any atom is 0.226 e. The predicted octanol–water partition coefficient (Wildman–Crippen LogP) is 4.50. The summed E-state index contributed by atoms with van der Waals surface area (Å²) in [6.45, 7) is 5.05. The molecule has 24 heavy (non-hydrogen) atoms. The smallest absolute Gasteiger partial charge is 0.226 e. The third kappa shape index (κ3) is 6.87. The summed E-state index contributed by atoms with van der Waals surface area (Å²) >= 11 is 5.23. The number of benzene rings is 1. The van der Waals surface area contributed by atoms with Crippen LogP contribution in [0.3, 0.4) is 0 Å². The van der Waals surface area contributed by atoms with Crippen molar-refractivity contribution in [2.24, 2.45) is 11.8 Å². The monoisotopic (exact) mass is 348 g/mol. The first-order valence-corrected chi connectivity index (χ1v) is 9.27. The standard InChI is InChI=1S/C19H28N2O2S/c1-14(2)10-11-23-17-9-5-8-16(13-17)20-19(24)21-18(22)12-15-6-3-4-7-15/h5,8-9,13-15H,3-4,6-7,10-12H2,1-2H3,(H2,20,21,22,24). The van der Waals surface area contributed by atoms with Crippen LogP contribution in [0.15, 0.2) is 24.3 Å². The molecule has 0 bridgehead atoms. The highest BCUT2D eigenvalue weighted by molar-refractivity contribution is 7.80. The number of anilines is 1. The van der Waals surface area contributed by atoms with Crippen molar-refractivity contribution in [3.8, 4) is 5.75 Å². The van der Waals surface area contributed by atoms with Crippen molar-refractivity contribution in [2.75, 3.05) is 11.9 Å². The van der Waals surface area contributed by atoms with Gasteiger partial charge in [0.2, 0.25) is 5.91 Å². The molecule has 0 radical (unpaired) electrons. The molecule has 5 heteroatoms. The molecule has 0 aliphatic heterocycles. The molecule has 1 aliphatic carbocycles. The van der Waals surface area contributed by atoms with Gasteiger partial charge in [0.05, 0.1) is 6.61 Å². The van der Waals surface area contributed by atoms with E-state index in [4.69, 9.17) is 17.0 Å². The van der Waals surface area contributed by atoms with Crippen molar-refractivity contribution < 1.29 is 9.53 Å². The summed E-state index contributed by atoms with van der Waals surface area (Å²) in [6.07, 6.45) is 6.38. The van der Waals surface area contributed by atoms with Crippen LogP contribution >= 0.6 is 12.2 Å². The van der Waals surface area contributed by atoms with Gasteiger partial charge in [-0.05, 0) is 55.4 Å². The fraction of sp³-hybridized carbons (Fsp3) is 0.579. The van der Waals surface area contributed by atoms with Crippen LogP contribution in [0.1, 0.15) is 52.4 Å². The largest absolute Gasteiger partial charge is 0.494 e. The number of nitrogens with one attached hydrogen (secondary N) is 2. The number of rotatable bonds is 7. The molecule has 4 nitrogen and oxygen atoms in total. The Kier molecular flexibility index (Phi) is 7.50. The van der Waals surface area contributed by atoms with Crippen molar-refractivity contribution >= 4 is 28.9 Å². The normalized spacial score (nSPS) is 14.6. The first-order chi connectivity index (χ1) is 11.5. The molecule has 0 saturated heterocycles. The lowest BCUT2D eigenvalue weighted by molar-refractivity contribution is -0.120. The van der Waals surface area contributed by atoms with E-state index in [0.29, 0.717) is 30.0 Å². The first-order valence-electron chi connectivity index (χ1n) is 8.86. The lowest BCUT2D eigenvalue weighted by Gasteiger charge is -2.13. The molecule has 0 heterocycles. The zero-order chi connectivity index (χ0) is 17.4. The molecule has 1 aromatic rings. The zero-order valence-electron chi connectivity index (χ0n) is 14.6. The fourth-order valence-electron chi connectivity index (χ4n) is 2.89. The molecule has 0 unspecified atom stereocenters. The third-order valence-corrected chi connectivity index (χ3v) is 4.46. The summed E-state index contributed by atoms with van der Waals surface area (Å²) in [7, 11) is 0. The Morgan fingerprint density at radius 1 is 1.33 bits per heavy atom. The zero-order valence-corrected chi connectivity index (χ0v) is 15.5. The fourth-order valence-corrected chi connectivity index (χ4v) is 3.12. The van der Waals surface area contributed by atoms with Gasteiger partial charge in [-0.2, -0.15) is 0 Å². The molecule has 0 atom stereocenters. The number of carbonyl (C=O) groups excluding carboxylic acids is 1. The van der Waals surface area contributed by atoms with E-state index in [1.54, 1.807) is 0 Å². The highest BCUT2D eigenvalue weighted by Crippen LogP contribution is 2.27. The second kappa shape index (κ2) is 9.62. The summed E-state index contributed by atoms with van der Waals surface area (Å²) in [5.74, 6) is 1.95. The van der Waals surface area contributed by atoms with Crippen LogP contribution in [0.25, 0.3) is 0 Å². The summed E-state index contributed by atoms with van der Waals surface area (Å²) in [5, 5.41) is 6.17. The van der Waals surface area contributed by atoms with E-state index in [1.165, 1.54) is 12.8 Å². The Hall–Kier alpha value is -1.62. The second-order valence-corrected chi connectivity index (χ2v) is 7.32. The van der Waals surface area contributed by atoms with Crippen LogP contribution in [0.5, 0.6) is 5.75 Å². The van der Waals surface area contributed by atoms with Gasteiger partial charge in [0.1, 0.15) is 5.75 Å². The van der Waals surface area contributed by atoms with Gasteiger partial charge in [-0.1, -0.05) is 32.8 Å². The first kappa shape index (κ1) is 18.7. The number of amides is 1. The quantitative estimate of drug-likeness (QED) is 0.712. The number of hydrogen-bond donors (Lipinski definition) is 2. The van der Waals surface area contributed by atoms with E-state index < -0.39 is 0 Å². The SMILES string of the molecule is CC(C)CCOc1cccc(NC(=S)NC(=O)CC2CCCC2)c1.